The lowest BCUT2D eigenvalue weighted by atomic mass is 9.98. The van der Waals surface area contributed by atoms with Crippen LogP contribution in [0.2, 0.25) is 0 Å². The molecule has 1 aliphatic rings. The van der Waals surface area contributed by atoms with Crippen molar-refractivity contribution in [3.8, 4) is 0 Å². The van der Waals surface area contributed by atoms with Gasteiger partial charge in [0.05, 0.1) is 11.1 Å². The predicted molar refractivity (Wildman–Crippen MR) is 67.6 cm³/mol. The van der Waals surface area contributed by atoms with Crippen molar-refractivity contribution in [2.24, 2.45) is 0 Å². The van der Waals surface area contributed by atoms with Gasteiger partial charge in [-0.3, -0.25) is 19.7 Å². The van der Waals surface area contributed by atoms with Crippen LogP contribution in [0.15, 0.2) is 30.9 Å². The Morgan fingerprint density at radius 3 is 2.79 bits per heavy atom. The molecule has 98 valence electrons. The van der Waals surface area contributed by atoms with E-state index in [1.54, 1.807) is 25.1 Å². The average molecular weight is 259 g/mol. The van der Waals surface area contributed by atoms with Crippen LogP contribution in [0.5, 0.6) is 0 Å². The van der Waals surface area contributed by atoms with Crippen LogP contribution in [0, 0.1) is 0 Å². The van der Waals surface area contributed by atoms with Crippen molar-refractivity contribution in [2.45, 2.75) is 19.4 Å². The zero-order valence-corrected chi connectivity index (χ0v) is 10.4. The monoisotopic (exact) mass is 259 g/mol. The smallest absolute Gasteiger partial charge is 0.306 e. The second-order valence-electron chi connectivity index (χ2n) is 4.05. The second kappa shape index (κ2) is 5.06. The number of esters is 1. The highest BCUT2D eigenvalue weighted by atomic mass is 16.5. The fourth-order valence-electron chi connectivity index (χ4n) is 1.95. The van der Waals surface area contributed by atoms with Crippen molar-refractivity contribution in [1.29, 1.82) is 0 Å². The molecule has 0 spiro atoms. The average Bonchev–Trinajstić information content (AvgIpc) is 2.71. The molecule has 1 aromatic rings. The molecule has 0 radical (unpaired) electrons. The van der Waals surface area contributed by atoms with Crippen LogP contribution < -0.4 is 5.32 Å². The number of nitrogens with one attached hydrogen (secondary N) is 1. The summed E-state index contributed by atoms with van der Waals surface area (Å²) in [7, 11) is 0. The molecule has 0 saturated heterocycles. The molecular formula is C14H13NO4. The quantitative estimate of drug-likeness (QED) is 0.508. The summed E-state index contributed by atoms with van der Waals surface area (Å²) in [6.07, 6.45) is 0.919. The Morgan fingerprint density at radius 2 is 2.16 bits per heavy atom. The molecule has 1 unspecified atom stereocenters. The van der Waals surface area contributed by atoms with E-state index in [1.165, 1.54) is 6.08 Å². The van der Waals surface area contributed by atoms with Gasteiger partial charge in [-0.1, -0.05) is 25.6 Å². The minimum atomic E-state index is -0.737. The lowest BCUT2D eigenvalue weighted by Crippen LogP contribution is -2.20. The van der Waals surface area contributed by atoms with Gasteiger partial charge in [0.2, 0.25) is 0 Å². The number of imide groups is 1. The summed E-state index contributed by atoms with van der Waals surface area (Å²) in [6, 6.07) is 4.84. The first-order valence-electron chi connectivity index (χ1n) is 5.89. The van der Waals surface area contributed by atoms with Crippen LogP contribution >= 0.6 is 0 Å². The van der Waals surface area contributed by atoms with Gasteiger partial charge >= 0.3 is 5.97 Å². The summed E-state index contributed by atoms with van der Waals surface area (Å²) in [5, 5.41) is 2.22. The van der Waals surface area contributed by atoms with E-state index < -0.39 is 23.9 Å². The summed E-state index contributed by atoms with van der Waals surface area (Å²) >= 11 is 0. The van der Waals surface area contributed by atoms with Gasteiger partial charge in [0.1, 0.15) is 6.10 Å². The molecule has 0 saturated carbocycles. The molecule has 0 bridgehead atoms. The summed E-state index contributed by atoms with van der Waals surface area (Å²) in [6.45, 7) is 5.28. The van der Waals surface area contributed by atoms with Crippen molar-refractivity contribution in [1.82, 2.24) is 5.32 Å². The summed E-state index contributed by atoms with van der Waals surface area (Å²) < 4.78 is 5.20. The van der Waals surface area contributed by atoms with Crippen LogP contribution in [-0.4, -0.2) is 17.8 Å². The topological polar surface area (TPSA) is 72.5 Å². The number of hydrogen-bond donors (Lipinski definition) is 1. The van der Waals surface area contributed by atoms with Gasteiger partial charge < -0.3 is 4.74 Å². The van der Waals surface area contributed by atoms with E-state index in [9.17, 15) is 14.4 Å². The number of carbonyl (C=O) groups excluding carboxylic acids is 3. The van der Waals surface area contributed by atoms with Gasteiger partial charge in [-0.05, 0) is 12.1 Å². The van der Waals surface area contributed by atoms with Gasteiger partial charge in [-0.15, -0.1) is 0 Å². The third-order valence-electron chi connectivity index (χ3n) is 2.86. The Hall–Kier alpha value is -2.43. The molecule has 2 amide bonds. The number of ether oxygens (including phenoxy) is 1. The van der Waals surface area contributed by atoms with Gasteiger partial charge in [0.15, 0.2) is 0 Å². The van der Waals surface area contributed by atoms with E-state index in [1.807, 2.05) is 0 Å². The summed E-state index contributed by atoms with van der Waals surface area (Å²) in [5.41, 5.74) is 1.01. The van der Waals surface area contributed by atoms with Gasteiger partial charge in [0.25, 0.3) is 11.8 Å². The zero-order chi connectivity index (χ0) is 14.0. The van der Waals surface area contributed by atoms with Crippen LogP contribution in [0.3, 0.4) is 0 Å². The number of fused-ring (bicyclic) bond motifs is 1. The molecule has 0 aromatic heterocycles. The van der Waals surface area contributed by atoms with E-state index in [0.717, 1.165) is 0 Å². The van der Waals surface area contributed by atoms with Crippen LogP contribution in [-0.2, 0) is 9.53 Å². The van der Waals surface area contributed by atoms with Gasteiger partial charge in [-0.25, -0.2) is 0 Å². The maximum atomic E-state index is 11.8. The maximum Gasteiger partial charge on any atom is 0.306 e. The molecule has 0 fully saturated rings. The van der Waals surface area contributed by atoms with Crippen molar-refractivity contribution in [3.05, 3.63) is 47.5 Å². The zero-order valence-electron chi connectivity index (χ0n) is 10.4. The highest BCUT2D eigenvalue weighted by Gasteiger charge is 2.31. The first-order valence-corrected chi connectivity index (χ1v) is 5.89. The van der Waals surface area contributed by atoms with E-state index in [2.05, 4.69) is 11.9 Å². The summed E-state index contributed by atoms with van der Waals surface area (Å²) in [5.74, 6) is -1.31. The fourth-order valence-corrected chi connectivity index (χ4v) is 1.95. The van der Waals surface area contributed by atoms with E-state index >= 15 is 0 Å². The van der Waals surface area contributed by atoms with Crippen LogP contribution in [0.25, 0.3) is 0 Å². The van der Waals surface area contributed by atoms with Crippen molar-refractivity contribution in [3.63, 3.8) is 0 Å². The standard InChI is InChI=1S/C14H13NO4/c1-3-10(19-11(16)4-2)8-6-5-7-9-12(8)14(18)15-13(9)17/h3,5-7,10H,1,4H2,2H3,(H,15,17,18). The van der Waals surface area contributed by atoms with Crippen molar-refractivity contribution < 1.29 is 19.1 Å². The number of rotatable bonds is 4. The molecule has 0 aliphatic carbocycles. The SMILES string of the molecule is C=CC(OC(=O)CC)c1cccc2c1C(=O)NC2=O. The largest absolute Gasteiger partial charge is 0.453 e. The molecule has 2 rings (SSSR count). The Balaban J connectivity index is 2.45. The third kappa shape index (κ3) is 2.27. The number of benzene rings is 1. The first kappa shape index (κ1) is 13.0. The van der Waals surface area contributed by atoms with Gasteiger partial charge in [-0.2, -0.15) is 0 Å². The fraction of sp³-hybridized carbons (Fsp3) is 0.214. The Labute approximate surface area is 110 Å². The van der Waals surface area contributed by atoms with Crippen LogP contribution in [0.4, 0.5) is 0 Å². The molecule has 19 heavy (non-hydrogen) atoms. The minimum absolute atomic E-state index is 0.227. The summed E-state index contributed by atoms with van der Waals surface area (Å²) in [4.78, 5) is 34.7. The second-order valence-corrected chi connectivity index (χ2v) is 4.05. The first-order chi connectivity index (χ1) is 9.08. The van der Waals surface area contributed by atoms with Gasteiger partial charge in [0, 0.05) is 12.0 Å². The molecule has 5 heteroatoms. The van der Waals surface area contributed by atoms with Crippen molar-refractivity contribution >= 4 is 17.8 Å². The molecule has 1 aromatic carbocycles. The number of hydrogen-bond acceptors (Lipinski definition) is 4. The Kier molecular flexibility index (Phi) is 3.46. The molecule has 1 atom stereocenters. The molecule has 1 N–H and O–H groups in total. The molecular weight excluding hydrogens is 246 g/mol. The Bertz CT molecular complexity index is 577. The van der Waals surface area contributed by atoms with Crippen LogP contribution in [0.1, 0.15) is 45.7 Å². The normalized spacial score (nSPS) is 14.6. The van der Waals surface area contributed by atoms with E-state index in [4.69, 9.17) is 4.74 Å². The molecule has 1 aliphatic heterocycles. The van der Waals surface area contributed by atoms with E-state index in [-0.39, 0.29) is 12.0 Å². The minimum Gasteiger partial charge on any atom is -0.453 e. The number of amides is 2. The van der Waals surface area contributed by atoms with E-state index in [0.29, 0.717) is 11.1 Å². The molecule has 5 nitrogen and oxygen atoms in total. The lowest BCUT2D eigenvalue weighted by molar-refractivity contribution is -0.146. The highest BCUT2D eigenvalue weighted by Crippen LogP contribution is 2.28. The van der Waals surface area contributed by atoms with Crippen molar-refractivity contribution in [2.75, 3.05) is 0 Å². The predicted octanol–water partition coefficient (Wildman–Crippen LogP) is 1.75. The molecule has 1 heterocycles. The number of carbonyl (C=O) groups is 3. The highest BCUT2D eigenvalue weighted by molar-refractivity contribution is 6.22. The third-order valence-corrected chi connectivity index (χ3v) is 2.86. The lowest BCUT2D eigenvalue weighted by Gasteiger charge is -2.16. The maximum absolute atomic E-state index is 11.8. The Morgan fingerprint density at radius 1 is 1.42 bits per heavy atom.